The van der Waals surface area contributed by atoms with Crippen molar-refractivity contribution >= 4 is 3.27 Å². The van der Waals surface area contributed by atoms with Crippen LogP contribution in [0.2, 0.25) is 0 Å². The van der Waals surface area contributed by atoms with E-state index in [1.807, 2.05) is 0 Å². The van der Waals surface area contributed by atoms with Crippen LogP contribution in [0.25, 0.3) is 22.3 Å². The number of hydrogen-bond acceptors (Lipinski definition) is 0. The zero-order valence-corrected chi connectivity index (χ0v) is 23.9. The minimum absolute atomic E-state index is 0. The maximum absolute atomic E-state index is 2.43. The van der Waals surface area contributed by atoms with Crippen molar-refractivity contribution in [1.82, 2.24) is 0 Å². The predicted octanol–water partition coefficient (Wildman–Crippen LogP) is 1.40. The van der Waals surface area contributed by atoms with Gasteiger partial charge in [-0.05, 0) is 0 Å². The van der Waals surface area contributed by atoms with E-state index in [9.17, 15) is 0 Å². The molecule has 0 N–H and O–H groups in total. The van der Waals surface area contributed by atoms with Gasteiger partial charge in [0.15, 0.2) is 0 Å². The smallest absolute Gasteiger partial charge is 1.00 e. The zero-order chi connectivity index (χ0) is 22.2. The molecule has 2 unspecified atom stereocenters. The standard InChI is InChI=1S/C31H29.2ClH.Zr/c1-21(23(3)25-10-6-4-7-11-25)16-24-14-15-29-28(18-24)19-27-17-22(2)30(20-31(27)29)26-12-8-5-9-13-26;;;/h4-15,17,20-21,23H,16,19H2,1-3H3;2*1H;/q;;;+2/p-2. The second-order valence-electron chi connectivity index (χ2n) is 9.37. The van der Waals surface area contributed by atoms with E-state index < -0.39 is 0 Å². The molecule has 1 aliphatic carbocycles. The second-order valence-corrected chi connectivity index (χ2v) is 10.6. The average molecular weight is 564 g/mol. The Labute approximate surface area is 231 Å². The van der Waals surface area contributed by atoms with E-state index in [0.29, 0.717) is 11.8 Å². The van der Waals surface area contributed by atoms with Crippen molar-refractivity contribution in [2.75, 3.05) is 0 Å². The van der Waals surface area contributed by atoms with Crippen molar-refractivity contribution in [2.24, 2.45) is 5.92 Å². The zero-order valence-electron chi connectivity index (χ0n) is 19.9. The van der Waals surface area contributed by atoms with Gasteiger partial charge in [-0.25, -0.2) is 0 Å². The van der Waals surface area contributed by atoms with E-state index in [0.717, 1.165) is 12.8 Å². The van der Waals surface area contributed by atoms with Gasteiger partial charge in [0.05, 0.1) is 0 Å². The quantitative estimate of drug-likeness (QED) is 0.304. The molecule has 0 heterocycles. The van der Waals surface area contributed by atoms with E-state index in [1.54, 1.807) is 14.4 Å². The van der Waals surface area contributed by atoms with Crippen LogP contribution in [-0.4, -0.2) is 0 Å². The summed E-state index contributed by atoms with van der Waals surface area (Å²) < 4.78 is 1.58. The van der Waals surface area contributed by atoms with Gasteiger partial charge in [-0.15, -0.1) is 0 Å². The number of aryl methyl sites for hydroxylation is 1. The summed E-state index contributed by atoms with van der Waals surface area (Å²) in [6.45, 7) is 7.03. The monoisotopic (exact) mass is 561 g/mol. The molecule has 0 fully saturated rings. The Balaban J connectivity index is 0.00000162. The molecule has 0 nitrogen and oxygen atoms in total. The van der Waals surface area contributed by atoms with Gasteiger partial charge in [-0.2, -0.15) is 0 Å². The van der Waals surface area contributed by atoms with Crippen molar-refractivity contribution in [1.29, 1.82) is 0 Å². The molecule has 2 atom stereocenters. The maximum Gasteiger partial charge on any atom is -1.00 e. The molecule has 0 aromatic heterocycles. The molecule has 3 heteroatoms. The normalized spacial score (nSPS) is 13.2. The molecule has 0 bridgehead atoms. The molecule has 1 aliphatic rings. The molecule has 171 valence electrons. The average Bonchev–Trinajstić information content (AvgIpc) is 3.19. The van der Waals surface area contributed by atoms with Crippen molar-refractivity contribution < 1.29 is 49.5 Å². The molecule has 0 radical (unpaired) electrons. The topological polar surface area (TPSA) is 0 Å². The van der Waals surface area contributed by atoms with Gasteiger partial charge in [0.25, 0.3) is 0 Å². The van der Waals surface area contributed by atoms with Crippen molar-refractivity contribution in [3.8, 4) is 22.3 Å². The number of halogens is 2. The fourth-order valence-corrected chi connectivity index (χ4v) is 6.20. The molecule has 0 saturated heterocycles. The molecule has 0 saturated carbocycles. The Morgan fingerprint density at radius 1 is 0.765 bits per heavy atom. The van der Waals surface area contributed by atoms with Gasteiger partial charge in [-0.1, -0.05) is 0 Å². The summed E-state index contributed by atoms with van der Waals surface area (Å²) in [5, 5.41) is 0. The minimum atomic E-state index is 0. The maximum atomic E-state index is 2.43. The predicted molar refractivity (Wildman–Crippen MR) is 132 cm³/mol. The van der Waals surface area contributed by atoms with Crippen LogP contribution in [0.5, 0.6) is 0 Å². The van der Waals surface area contributed by atoms with E-state index >= 15 is 0 Å². The first-order valence-electron chi connectivity index (χ1n) is 11.6. The molecule has 4 aromatic rings. The summed E-state index contributed by atoms with van der Waals surface area (Å²) in [4.78, 5) is 0. The molecular weight excluding hydrogens is 534 g/mol. The van der Waals surface area contributed by atoms with E-state index in [2.05, 4.69) is 106 Å². The number of hydrogen-bond donors (Lipinski definition) is 0. The first-order valence-corrected chi connectivity index (χ1v) is 12.9. The number of rotatable bonds is 5. The SMILES string of the molecule is Cc1cc2c(cc1-c1ccccc1)-c1ccc(CC(C)C(C)c3ccccc3)[c]([Zr+2])c1C2.[Cl-].[Cl-]. The van der Waals surface area contributed by atoms with Crippen LogP contribution in [0.15, 0.2) is 84.9 Å². The molecule has 0 amide bonds. The summed E-state index contributed by atoms with van der Waals surface area (Å²) in [7, 11) is 0. The third-order valence-electron chi connectivity index (χ3n) is 7.31. The Kier molecular flexibility index (Phi) is 9.02. The molecule has 4 aromatic carbocycles. The van der Waals surface area contributed by atoms with E-state index in [4.69, 9.17) is 0 Å². The van der Waals surface area contributed by atoms with Gasteiger partial charge in [0, 0.05) is 0 Å². The first-order chi connectivity index (χ1) is 15.5. The van der Waals surface area contributed by atoms with Crippen molar-refractivity contribution in [2.45, 2.75) is 39.5 Å². The molecule has 34 heavy (non-hydrogen) atoms. The third kappa shape index (κ3) is 5.13. The minimum Gasteiger partial charge on any atom is -1.00 e. The largest absolute Gasteiger partial charge is 1.00 e. The molecule has 0 spiro atoms. The van der Waals surface area contributed by atoms with E-state index in [1.165, 1.54) is 63.7 Å². The summed E-state index contributed by atoms with van der Waals surface area (Å²) in [5.74, 6) is 1.18. The van der Waals surface area contributed by atoms with Crippen LogP contribution in [0.4, 0.5) is 0 Å². The second kappa shape index (κ2) is 11.4. The summed E-state index contributed by atoms with van der Waals surface area (Å²) in [5.41, 5.74) is 13.0. The summed E-state index contributed by atoms with van der Waals surface area (Å²) in [6.07, 6.45) is 2.23. The van der Waals surface area contributed by atoms with Gasteiger partial charge >= 0.3 is 208 Å². The van der Waals surface area contributed by atoms with Crippen molar-refractivity contribution in [3.05, 3.63) is 113 Å². The number of benzene rings is 4. The molecular formula is C31H29Cl2Zr. The third-order valence-corrected chi connectivity index (χ3v) is 8.84. The Morgan fingerprint density at radius 3 is 2.09 bits per heavy atom. The first kappa shape index (κ1) is 26.9. The Bertz CT molecular complexity index is 1270. The number of fused-ring (bicyclic) bond motifs is 3. The fourth-order valence-electron chi connectivity index (χ4n) is 5.20. The van der Waals surface area contributed by atoms with Crippen molar-refractivity contribution in [3.63, 3.8) is 0 Å². The summed E-state index contributed by atoms with van der Waals surface area (Å²) >= 11 is 1.54. The van der Waals surface area contributed by atoms with Gasteiger partial charge < -0.3 is 24.8 Å². The van der Waals surface area contributed by atoms with Gasteiger partial charge in [0.1, 0.15) is 0 Å². The van der Waals surface area contributed by atoms with Crippen LogP contribution in [0.3, 0.4) is 0 Å². The van der Waals surface area contributed by atoms with E-state index in [-0.39, 0.29) is 24.8 Å². The van der Waals surface area contributed by atoms with Gasteiger partial charge in [0.2, 0.25) is 0 Å². The van der Waals surface area contributed by atoms with Crippen LogP contribution in [0.1, 0.15) is 47.6 Å². The Morgan fingerprint density at radius 2 is 1.41 bits per heavy atom. The Hall–Kier alpha value is -1.66. The fraction of sp³-hybridized carbons (Fsp3) is 0.226. The van der Waals surface area contributed by atoms with Crippen LogP contribution >= 0.6 is 0 Å². The van der Waals surface area contributed by atoms with Crippen LogP contribution < -0.4 is 28.1 Å². The molecule has 0 aliphatic heterocycles. The van der Waals surface area contributed by atoms with Gasteiger partial charge in [-0.3, -0.25) is 0 Å². The molecule has 5 rings (SSSR count). The van der Waals surface area contributed by atoms with Crippen LogP contribution in [0, 0.1) is 12.8 Å². The van der Waals surface area contributed by atoms with Crippen LogP contribution in [-0.2, 0) is 37.6 Å². The summed E-state index contributed by atoms with van der Waals surface area (Å²) in [6, 6.07) is 31.4.